The molecule has 22 heavy (non-hydrogen) atoms. The molecule has 0 bridgehead atoms. The van der Waals surface area contributed by atoms with Crippen LogP contribution in [0.25, 0.3) is 0 Å². The van der Waals surface area contributed by atoms with Gasteiger partial charge in [0.2, 0.25) is 0 Å². The van der Waals surface area contributed by atoms with E-state index in [1.807, 2.05) is 21.1 Å². The molecule has 124 valence electrons. The van der Waals surface area contributed by atoms with Crippen LogP contribution in [0.1, 0.15) is 18.1 Å². The van der Waals surface area contributed by atoms with Crippen molar-refractivity contribution in [2.45, 2.75) is 18.6 Å². The van der Waals surface area contributed by atoms with Gasteiger partial charge in [-0.1, -0.05) is 30.3 Å². The summed E-state index contributed by atoms with van der Waals surface area (Å²) < 4.78 is 0.550. The maximum Gasteiger partial charge on any atom is 0.337 e. The molecule has 1 aromatic carbocycles. The zero-order chi connectivity index (χ0) is 17.3. The number of likely N-dealkylation sites (N-methyl/N-ethyl adjacent to an activating group) is 1. The van der Waals surface area contributed by atoms with Crippen LogP contribution in [0.5, 0.6) is 0 Å². The van der Waals surface area contributed by atoms with Crippen LogP contribution in [0.2, 0.25) is 0 Å². The number of rotatable bonds is 6. The second-order valence-corrected chi connectivity index (χ2v) is 5.85. The van der Waals surface area contributed by atoms with Gasteiger partial charge in [-0.05, 0) is 5.56 Å². The van der Waals surface area contributed by atoms with Crippen LogP contribution >= 0.6 is 0 Å². The van der Waals surface area contributed by atoms with Crippen molar-refractivity contribution < 1.29 is 34.5 Å². The molecule has 0 amide bonds. The number of carbonyl (C=O) groups excluding carboxylic acids is 1. The second-order valence-electron chi connectivity index (χ2n) is 5.85. The molecule has 0 fully saturated rings. The fraction of sp³-hybridized carbons (Fsp3) is 0.467. The number of benzene rings is 1. The third-order valence-corrected chi connectivity index (χ3v) is 2.51. The summed E-state index contributed by atoms with van der Waals surface area (Å²) in [6, 6.07) is 8.26. The van der Waals surface area contributed by atoms with E-state index in [4.69, 9.17) is 15.3 Å². The Morgan fingerprint density at radius 3 is 2.00 bits per heavy atom. The Bertz CT molecular complexity index is 469. The molecule has 0 aliphatic heterocycles. The SMILES string of the molecule is C[N+](C)(C)CC(O)CC(=O)[O-].O=C(O)C(O)c1ccccc1. The number of aliphatic carboxylic acids is 2. The van der Waals surface area contributed by atoms with Gasteiger partial charge in [0.05, 0.1) is 21.1 Å². The molecular weight excluding hydrogens is 290 g/mol. The maximum atomic E-state index is 10.2. The first kappa shape index (κ1) is 20.0. The first-order valence-corrected chi connectivity index (χ1v) is 6.67. The zero-order valence-electron chi connectivity index (χ0n) is 13.0. The van der Waals surface area contributed by atoms with Crippen molar-refractivity contribution in [1.29, 1.82) is 0 Å². The van der Waals surface area contributed by atoms with Crippen molar-refractivity contribution in [3.63, 3.8) is 0 Å². The van der Waals surface area contributed by atoms with Crippen molar-refractivity contribution in [2.24, 2.45) is 0 Å². The third kappa shape index (κ3) is 9.87. The van der Waals surface area contributed by atoms with Gasteiger partial charge in [0, 0.05) is 12.4 Å². The minimum absolute atomic E-state index is 0.282. The van der Waals surface area contributed by atoms with Crippen molar-refractivity contribution >= 4 is 11.9 Å². The standard InChI is InChI=1S/C8H8O3.C7H15NO3/c9-7(8(10)11)6-4-2-1-3-5-6;1-8(2,3)5-6(9)4-7(10)11/h1-5,7,9H,(H,10,11);6,9H,4-5H2,1-3H3. The van der Waals surface area contributed by atoms with Crippen LogP contribution in [0.3, 0.4) is 0 Å². The van der Waals surface area contributed by atoms with E-state index in [0.29, 0.717) is 16.6 Å². The summed E-state index contributed by atoms with van der Waals surface area (Å²) in [5, 5.41) is 36.5. The van der Waals surface area contributed by atoms with E-state index in [2.05, 4.69) is 0 Å². The molecule has 1 aromatic rings. The topological polar surface area (TPSA) is 118 Å². The average molecular weight is 313 g/mol. The van der Waals surface area contributed by atoms with Crippen LogP contribution in [-0.4, -0.2) is 65.5 Å². The number of hydrogen-bond acceptors (Lipinski definition) is 5. The van der Waals surface area contributed by atoms with Gasteiger partial charge in [-0.2, -0.15) is 0 Å². The molecule has 0 saturated carbocycles. The number of aliphatic hydroxyl groups excluding tert-OH is 2. The van der Waals surface area contributed by atoms with E-state index in [9.17, 15) is 14.7 Å². The summed E-state index contributed by atoms with van der Waals surface area (Å²) in [6.07, 6.45) is -2.49. The average Bonchev–Trinajstić information content (AvgIpc) is 2.36. The molecule has 0 saturated heterocycles. The van der Waals surface area contributed by atoms with Crippen LogP contribution < -0.4 is 5.11 Å². The van der Waals surface area contributed by atoms with Crippen LogP contribution in [0.4, 0.5) is 0 Å². The molecule has 1 rings (SSSR count). The molecule has 3 N–H and O–H groups in total. The van der Waals surface area contributed by atoms with Gasteiger partial charge in [-0.15, -0.1) is 0 Å². The van der Waals surface area contributed by atoms with E-state index in [-0.39, 0.29) is 6.42 Å². The zero-order valence-corrected chi connectivity index (χ0v) is 13.0. The lowest BCUT2D eigenvalue weighted by Crippen LogP contribution is -2.43. The Labute approximate surface area is 129 Å². The van der Waals surface area contributed by atoms with E-state index >= 15 is 0 Å². The van der Waals surface area contributed by atoms with Crippen molar-refractivity contribution in [2.75, 3.05) is 27.7 Å². The fourth-order valence-electron chi connectivity index (χ4n) is 1.67. The first-order chi connectivity index (χ1) is 10.0. The van der Waals surface area contributed by atoms with Crippen LogP contribution in [0, 0.1) is 0 Å². The summed E-state index contributed by atoms with van der Waals surface area (Å²) in [7, 11) is 5.66. The number of nitrogens with zero attached hydrogens (tertiary/aromatic N) is 1. The summed E-state index contributed by atoms with van der Waals surface area (Å²) in [4.78, 5) is 20.3. The summed E-state index contributed by atoms with van der Waals surface area (Å²) in [5.41, 5.74) is 0.403. The highest BCUT2D eigenvalue weighted by atomic mass is 16.4. The number of carboxylic acid groups (broad SMARTS) is 2. The Balaban J connectivity index is 0.000000401. The van der Waals surface area contributed by atoms with Crippen LogP contribution in [-0.2, 0) is 9.59 Å². The molecule has 0 heterocycles. The lowest BCUT2D eigenvalue weighted by atomic mass is 10.1. The monoisotopic (exact) mass is 313 g/mol. The molecule has 0 aliphatic rings. The summed E-state index contributed by atoms with van der Waals surface area (Å²) in [5.74, 6) is -2.43. The lowest BCUT2D eigenvalue weighted by molar-refractivity contribution is -0.873. The highest BCUT2D eigenvalue weighted by Gasteiger charge is 2.15. The predicted molar refractivity (Wildman–Crippen MR) is 77.6 cm³/mol. The molecule has 7 nitrogen and oxygen atoms in total. The molecule has 0 aliphatic carbocycles. The molecule has 2 unspecified atom stereocenters. The lowest BCUT2D eigenvalue weighted by Gasteiger charge is -2.26. The van der Waals surface area contributed by atoms with E-state index in [0.717, 1.165) is 0 Å². The van der Waals surface area contributed by atoms with Crippen molar-refractivity contribution in [3.05, 3.63) is 35.9 Å². The smallest absolute Gasteiger partial charge is 0.337 e. The van der Waals surface area contributed by atoms with Gasteiger partial charge in [-0.3, -0.25) is 0 Å². The van der Waals surface area contributed by atoms with Gasteiger partial charge in [-0.25, -0.2) is 4.79 Å². The van der Waals surface area contributed by atoms with Gasteiger partial charge in [0.15, 0.2) is 6.10 Å². The molecule has 2 atom stereocenters. The van der Waals surface area contributed by atoms with Gasteiger partial charge < -0.3 is 29.7 Å². The Morgan fingerprint density at radius 1 is 1.14 bits per heavy atom. The Hall–Kier alpha value is -1.96. The van der Waals surface area contributed by atoms with E-state index in [1.54, 1.807) is 30.3 Å². The van der Waals surface area contributed by atoms with Gasteiger partial charge in [0.25, 0.3) is 0 Å². The van der Waals surface area contributed by atoms with Crippen molar-refractivity contribution in [1.82, 2.24) is 0 Å². The third-order valence-electron chi connectivity index (χ3n) is 2.51. The molecular formula is C15H23NO6. The second kappa shape index (κ2) is 9.14. The minimum atomic E-state index is -1.41. The molecule has 0 spiro atoms. The van der Waals surface area contributed by atoms with Crippen molar-refractivity contribution in [3.8, 4) is 0 Å². The maximum absolute atomic E-state index is 10.2. The van der Waals surface area contributed by atoms with E-state index < -0.39 is 24.1 Å². The highest BCUT2D eigenvalue weighted by Crippen LogP contribution is 2.10. The molecule has 0 radical (unpaired) electrons. The highest BCUT2D eigenvalue weighted by molar-refractivity contribution is 5.73. The predicted octanol–water partition coefficient (Wildman–Crippen LogP) is -1.00. The Morgan fingerprint density at radius 2 is 1.64 bits per heavy atom. The summed E-state index contributed by atoms with van der Waals surface area (Å²) in [6.45, 7) is 0.425. The number of aliphatic hydroxyl groups is 2. The number of hydrogen-bond donors (Lipinski definition) is 3. The number of carboxylic acids is 2. The minimum Gasteiger partial charge on any atom is -0.550 e. The molecule has 0 aromatic heterocycles. The first-order valence-electron chi connectivity index (χ1n) is 6.67. The number of carbonyl (C=O) groups is 2. The summed E-state index contributed by atoms with van der Waals surface area (Å²) >= 11 is 0. The van der Waals surface area contributed by atoms with Gasteiger partial charge >= 0.3 is 5.97 Å². The van der Waals surface area contributed by atoms with Gasteiger partial charge in [0.1, 0.15) is 12.6 Å². The van der Waals surface area contributed by atoms with Crippen LogP contribution in [0.15, 0.2) is 30.3 Å². The largest absolute Gasteiger partial charge is 0.550 e. The quantitative estimate of drug-likeness (QED) is 0.580. The van der Waals surface area contributed by atoms with E-state index in [1.165, 1.54) is 0 Å². The Kier molecular flexibility index (Phi) is 8.32. The fourth-order valence-corrected chi connectivity index (χ4v) is 1.67. The number of quaternary nitrogens is 1. The molecule has 7 heteroatoms. The normalized spacial score (nSPS) is 13.5.